The largest absolute Gasteiger partial charge is 0.363 e. The third-order valence-electron chi connectivity index (χ3n) is 2.27. The third kappa shape index (κ3) is 2.29. The number of benzene rings is 1. The van der Waals surface area contributed by atoms with Crippen LogP contribution in [-0.4, -0.2) is 18.3 Å². The fraction of sp³-hybridized carbons (Fsp3) is 0.364. The molecule has 1 aromatic carbocycles. The van der Waals surface area contributed by atoms with Gasteiger partial charge in [0.2, 0.25) is 0 Å². The highest BCUT2D eigenvalue weighted by atomic mass is 32.2. The van der Waals surface area contributed by atoms with E-state index in [1.54, 1.807) is 11.8 Å². The Labute approximate surface area is 88.8 Å². The van der Waals surface area contributed by atoms with E-state index in [1.807, 2.05) is 0 Å². The first-order valence-corrected chi connectivity index (χ1v) is 5.80. The van der Waals surface area contributed by atoms with Crippen LogP contribution in [-0.2, 0) is 5.75 Å². The molecule has 0 atom stereocenters. The molecular formula is C11H14N2S. The van der Waals surface area contributed by atoms with E-state index in [0.29, 0.717) is 0 Å². The van der Waals surface area contributed by atoms with Crippen molar-refractivity contribution >= 4 is 16.9 Å². The molecule has 0 aliphatic carbocycles. The molecule has 0 saturated heterocycles. The van der Waals surface area contributed by atoms with Crippen molar-refractivity contribution in [3.05, 3.63) is 35.4 Å². The average Bonchev–Trinajstić information content (AvgIpc) is 2.69. The molecule has 0 aromatic heterocycles. The number of hydrogen-bond acceptors (Lipinski definition) is 3. The molecule has 2 rings (SSSR count). The smallest absolute Gasteiger partial charge is 0.157 e. The molecule has 3 heteroatoms. The Morgan fingerprint density at radius 2 is 2.29 bits per heavy atom. The molecule has 0 radical (unpaired) electrons. The molecule has 0 amide bonds. The zero-order valence-corrected chi connectivity index (χ0v) is 9.10. The third-order valence-corrected chi connectivity index (χ3v) is 3.27. The Kier molecular flexibility index (Phi) is 3.09. The van der Waals surface area contributed by atoms with Crippen molar-refractivity contribution in [2.45, 2.75) is 12.7 Å². The number of nitrogens with zero attached hydrogens (tertiary/aromatic N) is 1. The van der Waals surface area contributed by atoms with Gasteiger partial charge in [-0.1, -0.05) is 36.0 Å². The second-order valence-corrected chi connectivity index (χ2v) is 4.29. The quantitative estimate of drug-likeness (QED) is 0.802. The summed E-state index contributed by atoms with van der Waals surface area (Å²) >= 11 is 1.79. The predicted octanol–water partition coefficient (Wildman–Crippen LogP) is 2.19. The van der Waals surface area contributed by atoms with Gasteiger partial charge in [0, 0.05) is 12.3 Å². The minimum Gasteiger partial charge on any atom is -0.363 e. The lowest BCUT2D eigenvalue weighted by molar-refractivity contribution is 0.963. The van der Waals surface area contributed by atoms with E-state index in [4.69, 9.17) is 0 Å². The van der Waals surface area contributed by atoms with Gasteiger partial charge in [-0.25, -0.2) is 0 Å². The van der Waals surface area contributed by atoms with Gasteiger partial charge in [0.15, 0.2) is 5.17 Å². The van der Waals surface area contributed by atoms with Crippen molar-refractivity contribution in [1.82, 2.24) is 5.32 Å². The number of hydrogen-bond donors (Lipinski definition) is 1. The Balaban J connectivity index is 1.94. The van der Waals surface area contributed by atoms with Crippen LogP contribution in [0.1, 0.15) is 11.1 Å². The van der Waals surface area contributed by atoms with Gasteiger partial charge in [0.25, 0.3) is 0 Å². The molecule has 0 bridgehead atoms. The summed E-state index contributed by atoms with van der Waals surface area (Å²) in [5.41, 5.74) is 2.76. The van der Waals surface area contributed by atoms with Gasteiger partial charge in [-0.2, -0.15) is 0 Å². The molecule has 1 aliphatic rings. The first-order chi connectivity index (χ1) is 6.86. The Hall–Kier alpha value is -0.960. The normalized spacial score (nSPS) is 15.1. The molecule has 1 aliphatic heterocycles. The van der Waals surface area contributed by atoms with Crippen molar-refractivity contribution in [1.29, 1.82) is 0 Å². The van der Waals surface area contributed by atoms with Crippen molar-refractivity contribution < 1.29 is 0 Å². The molecule has 1 heterocycles. The van der Waals surface area contributed by atoms with Crippen LogP contribution < -0.4 is 5.32 Å². The van der Waals surface area contributed by atoms with Crippen LogP contribution in [0.2, 0.25) is 0 Å². The van der Waals surface area contributed by atoms with Gasteiger partial charge in [0.1, 0.15) is 0 Å². The van der Waals surface area contributed by atoms with Crippen molar-refractivity contribution in [3.63, 3.8) is 0 Å². The van der Waals surface area contributed by atoms with Crippen molar-refractivity contribution in [2.24, 2.45) is 4.99 Å². The number of nitrogens with one attached hydrogen (secondary N) is 1. The van der Waals surface area contributed by atoms with Gasteiger partial charge in [-0.3, -0.25) is 4.99 Å². The zero-order chi connectivity index (χ0) is 9.80. The van der Waals surface area contributed by atoms with E-state index in [2.05, 4.69) is 41.5 Å². The number of aliphatic imine (C=N–C) groups is 1. The number of aryl methyl sites for hydroxylation is 1. The standard InChI is InChI=1S/C11H14N2S/c1-9-4-2-3-5-10(9)8-14-11-12-6-7-13-11/h2-5H,6-8H2,1H3,(H,12,13). The summed E-state index contributed by atoms with van der Waals surface area (Å²) in [6.45, 7) is 4.08. The number of thioether (sulfide) groups is 1. The van der Waals surface area contributed by atoms with Crippen LogP contribution in [0.3, 0.4) is 0 Å². The van der Waals surface area contributed by atoms with Gasteiger partial charge < -0.3 is 5.32 Å². The first kappa shape index (κ1) is 9.59. The maximum absolute atomic E-state index is 4.35. The van der Waals surface area contributed by atoms with Crippen molar-refractivity contribution in [3.8, 4) is 0 Å². The fourth-order valence-electron chi connectivity index (χ4n) is 1.39. The molecule has 14 heavy (non-hydrogen) atoms. The van der Waals surface area contributed by atoms with Crippen molar-refractivity contribution in [2.75, 3.05) is 13.1 Å². The maximum atomic E-state index is 4.35. The summed E-state index contributed by atoms with van der Waals surface area (Å²) in [4.78, 5) is 4.35. The van der Waals surface area contributed by atoms with Crippen LogP contribution >= 0.6 is 11.8 Å². The minimum atomic E-state index is 0.927. The summed E-state index contributed by atoms with van der Waals surface area (Å²) in [6, 6.07) is 8.50. The van der Waals surface area contributed by atoms with Crippen LogP contribution in [0.15, 0.2) is 29.3 Å². The van der Waals surface area contributed by atoms with Crippen LogP contribution in [0.5, 0.6) is 0 Å². The summed E-state index contributed by atoms with van der Waals surface area (Å²) in [6.07, 6.45) is 0. The maximum Gasteiger partial charge on any atom is 0.157 e. The highest BCUT2D eigenvalue weighted by molar-refractivity contribution is 8.13. The molecule has 1 N–H and O–H groups in total. The lowest BCUT2D eigenvalue weighted by Gasteiger charge is -2.04. The monoisotopic (exact) mass is 206 g/mol. The Bertz CT molecular complexity index is 347. The van der Waals surface area contributed by atoms with Crippen LogP contribution in [0.25, 0.3) is 0 Å². The van der Waals surface area contributed by atoms with E-state index in [-0.39, 0.29) is 0 Å². The van der Waals surface area contributed by atoms with Gasteiger partial charge >= 0.3 is 0 Å². The van der Waals surface area contributed by atoms with E-state index in [9.17, 15) is 0 Å². The fourth-order valence-corrected chi connectivity index (χ4v) is 2.39. The van der Waals surface area contributed by atoms with Gasteiger partial charge in [-0.15, -0.1) is 0 Å². The molecule has 1 aromatic rings. The second-order valence-electron chi connectivity index (χ2n) is 3.33. The van der Waals surface area contributed by atoms with E-state index < -0.39 is 0 Å². The highest BCUT2D eigenvalue weighted by Gasteiger charge is 2.06. The first-order valence-electron chi connectivity index (χ1n) is 4.82. The topological polar surface area (TPSA) is 24.4 Å². The van der Waals surface area contributed by atoms with Crippen LogP contribution in [0.4, 0.5) is 0 Å². The number of rotatable bonds is 2. The van der Waals surface area contributed by atoms with E-state index >= 15 is 0 Å². The van der Waals surface area contributed by atoms with E-state index in [0.717, 1.165) is 24.0 Å². The average molecular weight is 206 g/mol. The molecule has 0 unspecified atom stereocenters. The highest BCUT2D eigenvalue weighted by Crippen LogP contribution is 2.17. The Morgan fingerprint density at radius 1 is 1.43 bits per heavy atom. The minimum absolute atomic E-state index is 0.927. The molecular weight excluding hydrogens is 192 g/mol. The SMILES string of the molecule is Cc1ccccc1CSC1=NCCN1. The zero-order valence-electron chi connectivity index (χ0n) is 8.29. The number of amidine groups is 1. The van der Waals surface area contributed by atoms with E-state index in [1.165, 1.54) is 11.1 Å². The molecule has 0 spiro atoms. The van der Waals surface area contributed by atoms with Gasteiger partial charge in [0.05, 0.1) is 6.54 Å². The Morgan fingerprint density at radius 3 is 3.00 bits per heavy atom. The molecule has 74 valence electrons. The molecule has 2 nitrogen and oxygen atoms in total. The van der Waals surface area contributed by atoms with Crippen LogP contribution in [0, 0.1) is 6.92 Å². The summed E-state index contributed by atoms with van der Waals surface area (Å²) < 4.78 is 0. The second kappa shape index (κ2) is 4.51. The van der Waals surface area contributed by atoms with Gasteiger partial charge in [-0.05, 0) is 18.1 Å². The summed E-state index contributed by atoms with van der Waals surface area (Å²) in [5, 5.41) is 4.35. The predicted molar refractivity (Wildman–Crippen MR) is 62.8 cm³/mol. The molecule has 0 fully saturated rings. The lowest BCUT2D eigenvalue weighted by Crippen LogP contribution is -2.15. The lowest BCUT2D eigenvalue weighted by atomic mass is 10.1. The molecule has 0 saturated carbocycles. The summed E-state index contributed by atoms with van der Waals surface area (Å²) in [5.74, 6) is 1.01. The summed E-state index contributed by atoms with van der Waals surface area (Å²) in [7, 11) is 0.